The fourth-order valence-electron chi connectivity index (χ4n) is 3.07. The summed E-state index contributed by atoms with van der Waals surface area (Å²) in [6.45, 7) is 0. The van der Waals surface area contributed by atoms with Gasteiger partial charge in [-0.05, 0) is 0 Å². The van der Waals surface area contributed by atoms with Crippen LogP contribution in [-0.2, 0) is 4.74 Å². The summed E-state index contributed by atoms with van der Waals surface area (Å²) in [5.74, 6) is -76.3. The monoisotopic (exact) mass is 661 g/mol. The molecule has 1 aliphatic heterocycles. The summed E-state index contributed by atoms with van der Waals surface area (Å²) < 4.78 is 338. The fraction of sp³-hybridized carbons (Fsp3) is 1.00. The van der Waals surface area contributed by atoms with Crippen LogP contribution >= 0.6 is 0 Å². The van der Waals surface area contributed by atoms with Crippen molar-refractivity contribution in [1.29, 1.82) is 0 Å². The number of hydrogen-bond acceptors (Lipinski definition) is 2. The van der Waals surface area contributed by atoms with Crippen molar-refractivity contribution in [3.8, 4) is 0 Å². The molecule has 1 aliphatic carbocycles. The van der Waals surface area contributed by atoms with Crippen LogP contribution in [0, 0.1) is 0 Å². The third kappa shape index (κ3) is 3.05. The third-order valence-corrected chi connectivity index (χ3v) is 5.39. The van der Waals surface area contributed by atoms with Gasteiger partial charge in [0.2, 0.25) is 0 Å². The maximum absolute atomic E-state index is 14.2. The van der Waals surface area contributed by atoms with E-state index in [-0.39, 0.29) is 0 Å². The molecule has 0 spiro atoms. The summed E-state index contributed by atoms with van der Waals surface area (Å²) >= 11 is 0. The minimum absolute atomic E-state index is 1.03. The van der Waals surface area contributed by atoms with Gasteiger partial charge in [-0.2, -0.15) is 110 Å². The molecule has 2 fully saturated rings. The van der Waals surface area contributed by atoms with Crippen LogP contribution in [0.2, 0.25) is 0 Å². The Balaban J connectivity index is 2.89. The number of alkyl halides is 25. The average Bonchev–Trinajstić information content (AvgIpc) is 2.69. The van der Waals surface area contributed by atoms with Crippen LogP contribution in [0.1, 0.15) is 0 Å². The highest BCUT2D eigenvalue weighted by molar-refractivity contribution is 5.24. The quantitative estimate of drug-likeness (QED) is 0.230. The van der Waals surface area contributed by atoms with Crippen molar-refractivity contribution in [3.63, 3.8) is 0 Å². The van der Waals surface area contributed by atoms with E-state index in [4.69, 9.17) is 0 Å². The first kappa shape index (κ1) is 34.4. The summed E-state index contributed by atoms with van der Waals surface area (Å²) in [5.41, 5.74) is 0. The van der Waals surface area contributed by atoms with Gasteiger partial charge in [-0.25, -0.2) is 0 Å². The van der Waals surface area contributed by atoms with Crippen molar-refractivity contribution in [2.75, 3.05) is 0 Å². The molecule has 0 amide bonds. The molecule has 0 bridgehead atoms. The second kappa shape index (κ2) is 7.57. The summed E-state index contributed by atoms with van der Waals surface area (Å²) in [6, 6.07) is -26.1. The number of rotatable bonds is 4. The molecule has 0 aromatic rings. The van der Waals surface area contributed by atoms with Crippen LogP contribution in [0.4, 0.5) is 110 Å². The predicted molar refractivity (Wildman–Crippen MR) is 66.1 cm³/mol. The third-order valence-electron chi connectivity index (χ3n) is 5.39. The summed E-state index contributed by atoms with van der Waals surface area (Å²) in [6.07, 6.45) is -8.90. The van der Waals surface area contributed by atoms with Crippen LogP contribution in [0.25, 0.3) is 0 Å². The van der Waals surface area contributed by atoms with E-state index in [2.05, 4.69) is 0 Å². The van der Waals surface area contributed by atoms with Crippen molar-refractivity contribution in [3.05, 3.63) is 0 Å². The van der Waals surface area contributed by atoms with Gasteiger partial charge in [0.25, 0.3) is 0 Å². The molecule has 0 unspecified atom stereocenters. The molecule has 0 radical (unpaired) electrons. The topological polar surface area (TPSA) is 12.5 Å². The highest BCUT2D eigenvalue weighted by atomic mass is 19.4. The second-order valence-electron chi connectivity index (χ2n) is 7.77. The van der Waals surface area contributed by atoms with Crippen molar-refractivity contribution in [2.24, 2.45) is 0 Å². The van der Waals surface area contributed by atoms with E-state index in [0.717, 1.165) is 4.74 Å². The van der Waals surface area contributed by atoms with E-state index in [9.17, 15) is 110 Å². The first-order chi connectivity index (χ1) is 16.8. The number of likely N-dealkylation sites (tertiary alicyclic amines) is 1. The molecular weight excluding hydrogens is 661 g/mol. The van der Waals surface area contributed by atoms with Crippen LogP contribution in [0.5, 0.6) is 0 Å². The van der Waals surface area contributed by atoms with Crippen molar-refractivity contribution < 1.29 is 114 Å². The first-order valence-electron chi connectivity index (χ1n) is 8.55. The molecule has 1 saturated carbocycles. The number of ether oxygens (including phenoxy) is 1. The van der Waals surface area contributed by atoms with E-state index >= 15 is 0 Å². The molecule has 0 aromatic carbocycles. The number of piperidine rings is 1. The molecule has 0 aromatic heterocycles. The average molecular weight is 661 g/mol. The molecule has 1 heterocycles. The molecule has 2 rings (SSSR count). The SMILES string of the molecule is FC(F)(OC1(F)C(F)(F)C(F)(F)C(F)(F)C(F)(F)C1(F)F)C(F)(F)N1C(F)(F)C(F)(F)C(F)(F)C(F)(F)C1(F)F. The van der Waals surface area contributed by atoms with Gasteiger partial charge < -0.3 is 0 Å². The Bertz CT molecular complexity index is 981. The normalized spacial score (nSPS) is 32.3. The van der Waals surface area contributed by atoms with Crippen LogP contribution in [0.3, 0.4) is 0 Å². The number of halogens is 25. The Hall–Kier alpha value is -1.83. The predicted octanol–water partition coefficient (Wildman–Crippen LogP) is 7.45. The molecule has 0 atom stereocenters. The molecule has 27 heteroatoms. The molecular formula is C13F25NO. The smallest absolute Gasteiger partial charge is 0.266 e. The molecule has 238 valence electrons. The molecule has 40 heavy (non-hydrogen) atoms. The van der Waals surface area contributed by atoms with Crippen molar-refractivity contribution >= 4 is 0 Å². The minimum Gasteiger partial charge on any atom is -0.266 e. The van der Waals surface area contributed by atoms with Gasteiger partial charge in [0.1, 0.15) is 0 Å². The van der Waals surface area contributed by atoms with E-state index in [0.29, 0.717) is 0 Å². The van der Waals surface area contributed by atoms with Gasteiger partial charge in [0.05, 0.1) is 0 Å². The van der Waals surface area contributed by atoms with E-state index in [1.165, 1.54) is 0 Å². The zero-order chi connectivity index (χ0) is 32.8. The minimum atomic E-state index is -8.99. The lowest BCUT2D eigenvalue weighted by Gasteiger charge is -2.55. The summed E-state index contributed by atoms with van der Waals surface area (Å²) in [4.78, 5) is -5.03. The summed E-state index contributed by atoms with van der Waals surface area (Å²) in [7, 11) is 0. The van der Waals surface area contributed by atoms with Crippen LogP contribution in [0.15, 0.2) is 0 Å². The van der Waals surface area contributed by atoms with Gasteiger partial charge in [0, 0.05) is 0 Å². The van der Waals surface area contributed by atoms with Crippen LogP contribution < -0.4 is 0 Å². The molecule has 2 nitrogen and oxygen atoms in total. The second-order valence-corrected chi connectivity index (χ2v) is 7.77. The van der Waals surface area contributed by atoms with Gasteiger partial charge in [-0.3, -0.25) is 4.74 Å². The largest absolute Gasteiger partial charge is 0.438 e. The van der Waals surface area contributed by atoms with Crippen molar-refractivity contribution in [2.45, 2.75) is 77.5 Å². The highest BCUT2D eigenvalue weighted by Crippen LogP contribution is 2.72. The zero-order valence-corrected chi connectivity index (χ0v) is 16.8. The van der Waals surface area contributed by atoms with Gasteiger partial charge in [-0.15, -0.1) is 4.90 Å². The molecule has 1 saturated heterocycles. The Kier molecular flexibility index (Phi) is 6.50. The van der Waals surface area contributed by atoms with Gasteiger partial charge in [-0.1, -0.05) is 0 Å². The lowest BCUT2D eigenvalue weighted by molar-refractivity contribution is -0.588. The lowest BCUT2D eigenvalue weighted by atomic mass is 9.78. The highest BCUT2D eigenvalue weighted by Gasteiger charge is 3.04. The Morgan fingerprint density at radius 1 is 0.350 bits per heavy atom. The van der Waals surface area contributed by atoms with Crippen molar-refractivity contribution in [1.82, 2.24) is 4.90 Å². The van der Waals surface area contributed by atoms with E-state index < -0.39 is 82.4 Å². The maximum Gasteiger partial charge on any atom is 0.438 e. The fourth-order valence-corrected chi connectivity index (χ4v) is 3.07. The Morgan fingerprint density at radius 2 is 0.575 bits per heavy atom. The molecule has 0 N–H and O–H groups in total. The van der Waals surface area contributed by atoms with Gasteiger partial charge >= 0.3 is 77.5 Å². The van der Waals surface area contributed by atoms with E-state index in [1.807, 2.05) is 0 Å². The van der Waals surface area contributed by atoms with Gasteiger partial charge in [0.15, 0.2) is 0 Å². The Labute approximate surface area is 198 Å². The number of hydrogen-bond donors (Lipinski definition) is 0. The zero-order valence-electron chi connectivity index (χ0n) is 16.8. The van der Waals surface area contributed by atoms with Crippen LogP contribution in [-0.4, -0.2) is 82.4 Å². The molecule has 2 aliphatic rings. The van der Waals surface area contributed by atoms with E-state index in [1.54, 1.807) is 0 Å². The standard InChI is InChI=1S/C13F25NO/c14-1(15)2(16,17)5(22,23)9(30,6(24,25)3(1,18)19)40-13(37,38)12(35,36)39-10(31,32)7(26,27)4(20,21)8(28,29)11(39,33)34. The number of nitrogens with zero attached hydrogens (tertiary/aromatic N) is 1. The lowest BCUT2D eigenvalue weighted by Crippen LogP contribution is -2.87. The Morgan fingerprint density at radius 3 is 0.850 bits per heavy atom. The summed E-state index contributed by atoms with van der Waals surface area (Å²) in [5, 5.41) is 0. The first-order valence-corrected chi connectivity index (χ1v) is 8.55. The maximum atomic E-state index is 14.2.